The van der Waals surface area contributed by atoms with Crippen molar-refractivity contribution in [2.24, 2.45) is 0 Å². The van der Waals surface area contributed by atoms with Gasteiger partial charge < -0.3 is 15.3 Å². The highest BCUT2D eigenvalue weighted by Gasteiger charge is 2.32. The Kier molecular flexibility index (Phi) is 5.83. The van der Waals surface area contributed by atoms with Gasteiger partial charge in [-0.2, -0.15) is 0 Å². The molecule has 0 aromatic heterocycles. The van der Waals surface area contributed by atoms with Crippen LogP contribution in [0.4, 0.5) is 4.79 Å². The highest BCUT2D eigenvalue weighted by atomic mass is 16.3. The van der Waals surface area contributed by atoms with Crippen molar-refractivity contribution in [3.05, 3.63) is 34.4 Å². The van der Waals surface area contributed by atoms with Crippen molar-refractivity contribution in [3.63, 3.8) is 0 Å². The average molecular weight is 304 g/mol. The first-order valence-corrected chi connectivity index (χ1v) is 8.25. The van der Waals surface area contributed by atoms with Crippen LogP contribution < -0.4 is 5.32 Å². The van der Waals surface area contributed by atoms with Crippen molar-refractivity contribution in [2.75, 3.05) is 13.2 Å². The lowest BCUT2D eigenvalue weighted by Gasteiger charge is -2.23. The first-order valence-electron chi connectivity index (χ1n) is 8.25. The number of carbonyl (C=O) groups excluding carboxylic acids is 1. The van der Waals surface area contributed by atoms with Gasteiger partial charge in [-0.15, -0.1) is 0 Å². The van der Waals surface area contributed by atoms with Crippen LogP contribution in [0, 0.1) is 20.8 Å². The minimum absolute atomic E-state index is 0.0276. The van der Waals surface area contributed by atoms with E-state index in [0.717, 1.165) is 32.2 Å². The molecule has 0 aliphatic heterocycles. The molecule has 1 fully saturated rings. The number of unbranched alkanes of at least 4 members (excludes halogenated alkanes) is 1. The molecule has 2 rings (SSSR count). The molecule has 0 heterocycles. The quantitative estimate of drug-likeness (QED) is 0.761. The number of rotatable bonds is 7. The number of urea groups is 1. The second-order valence-corrected chi connectivity index (χ2v) is 6.39. The average Bonchev–Trinajstić information content (AvgIpc) is 3.26. The van der Waals surface area contributed by atoms with Crippen LogP contribution in [0.3, 0.4) is 0 Å². The van der Waals surface area contributed by atoms with Gasteiger partial charge in [0.05, 0.1) is 0 Å². The summed E-state index contributed by atoms with van der Waals surface area (Å²) in [4.78, 5) is 14.4. The number of aliphatic hydroxyl groups excluding tert-OH is 1. The molecule has 1 aromatic rings. The fourth-order valence-corrected chi connectivity index (χ4v) is 2.98. The van der Waals surface area contributed by atoms with Gasteiger partial charge >= 0.3 is 6.03 Å². The molecule has 0 bridgehead atoms. The molecule has 1 aliphatic rings. The molecular weight excluding hydrogens is 276 g/mol. The van der Waals surface area contributed by atoms with Crippen LogP contribution in [-0.4, -0.2) is 35.2 Å². The Hall–Kier alpha value is -1.55. The lowest BCUT2D eigenvalue weighted by Crippen LogP contribution is -2.41. The monoisotopic (exact) mass is 304 g/mol. The second kappa shape index (κ2) is 7.63. The molecule has 4 nitrogen and oxygen atoms in total. The maximum absolute atomic E-state index is 12.4. The summed E-state index contributed by atoms with van der Waals surface area (Å²) in [5, 5.41) is 12.0. The van der Waals surface area contributed by atoms with Crippen LogP contribution in [0.1, 0.15) is 47.9 Å². The Morgan fingerprint density at radius 3 is 2.41 bits per heavy atom. The van der Waals surface area contributed by atoms with Gasteiger partial charge in [0.2, 0.25) is 0 Å². The predicted octanol–water partition coefficient (Wildman–Crippen LogP) is 3.06. The summed E-state index contributed by atoms with van der Waals surface area (Å²) < 4.78 is 0. The maximum Gasteiger partial charge on any atom is 0.317 e. The standard InChI is InChI=1S/C18H28N2O2/c1-13-10-14(2)17(15(3)11-13)12-19-18(22)20(16-6-7-16)8-4-5-9-21/h10-11,16,21H,4-9,12H2,1-3H3,(H,19,22). The van der Waals surface area contributed by atoms with Crippen LogP contribution in [0.2, 0.25) is 0 Å². The first-order chi connectivity index (χ1) is 10.5. The van der Waals surface area contributed by atoms with Gasteiger partial charge in [0.1, 0.15) is 0 Å². The van der Waals surface area contributed by atoms with E-state index in [4.69, 9.17) is 5.11 Å². The van der Waals surface area contributed by atoms with Crippen LogP contribution in [0.5, 0.6) is 0 Å². The van der Waals surface area contributed by atoms with E-state index in [1.807, 2.05) is 4.90 Å². The van der Waals surface area contributed by atoms with Gasteiger partial charge in [-0.25, -0.2) is 4.79 Å². The molecule has 0 unspecified atom stereocenters. The van der Waals surface area contributed by atoms with Gasteiger partial charge in [-0.1, -0.05) is 17.7 Å². The fourth-order valence-electron chi connectivity index (χ4n) is 2.98. The number of benzene rings is 1. The van der Waals surface area contributed by atoms with Crippen molar-refractivity contribution >= 4 is 6.03 Å². The Balaban J connectivity index is 1.93. The summed E-state index contributed by atoms with van der Waals surface area (Å²) in [6.07, 6.45) is 3.83. The SMILES string of the molecule is Cc1cc(C)c(CNC(=O)N(CCCCO)C2CC2)c(C)c1. The van der Waals surface area contributed by atoms with E-state index < -0.39 is 0 Å². The van der Waals surface area contributed by atoms with Crippen LogP contribution >= 0.6 is 0 Å². The van der Waals surface area contributed by atoms with Gasteiger partial charge in [0.15, 0.2) is 0 Å². The maximum atomic E-state index is 12.4. The molecule has 1 aliphatic carbocycles. The van der Waals surface area contributed by atoms with E-state index in [9.17, 15) is 4.79 Å². The number of amides is 2. The highest BCUT2D eigenvalue weighted by molar-refractivity contribution is 5.75. The Labute approximate surface area is 133 Å². The van der Waals surface area contributed by atoms with E-state index >= 15 is 0 Å². The third kappa shape index (κ3) is 4.47. The molecule has 4 heteroatoms. The highest BCUT2D eigenvalue weighted by Crippen LogP contribution is 2.27. The second-order valence-electron chi connectivity index (χ2n) is 6.39. The molecule has 1 aromatic carbocycles. The summed E-state index contributed by atoms with van der Waals surface area (Å²) >= 11 is 0. The molecule has 2 N–H and O–H groups in total. The largest absolute Gasteiger partial charge is 0.396 e. The molecule has 0 saturated heterocycles. The molecule has 22 heavy (non-hydrogen) atoms. The third-order valence-electron chi connectivity index (χ3n) is 4.31. The van der Waals surface area contributed by atoms with E-state index in [-0.39, 0.29) is 12.6 Å². The topological polar surface area (TPSA) is 52.6 Å². The van der Waals surface area contributed by atoms with Crippen LogP contribution in [0.15, 0.2) is 12.1 Å². The van der Waals surface area contributed by atoms with Crippen LogP contribution in [0.25, 0.3) is 0 Å². The number of nitrogens with one attached hydrogen (secondary N) is 1. The van der Waals surface area contributed by atoms with Crippen LogP contribution in [-0.2, 0) is 6.54 Å². The summed E-state index contributed by atoms with van der Waals surface area (Å²) in [6.45, 7) is 7.81. The Bertz CT molecular complexity index is 501. The minimum atomic E-state index is 0.0276. The van der Waals surface area contributed by atoms with Crippen molar-refractivity contribution in [1.82, 2.24) is 10.2 Å². The number of aryl methyl sites for hydroxylation is 3. The molecular formula is C18H28N2O2. The molecule has 2 amide bonds. The third-order valence-corrected chi connectivity index (χ3v) is 4.31. The van der Waals surface area contributed by atoms with Gasteiger partial charge in [-0.05, 0) is 63.1 Å². The Morgan fingerprint density at radius 2 is 1.86 bits per heavy atom. The first kappa shape index (κ1) is 16.8. The van der Waals surface area contributed by atoms with Crippen molar-refractivity contribution < 1.29 is 9.90 Å². The van der Waals surface area contributed by atoms with E-state index in [1.54, 1.807) is 0 Å². The smallest absolute Gasteiger partial charge is 0.317 e. The van der Waals surface area contributed by atoms with Gasteiger partial charge in [0.25, 0.3) is 0 Å². The summed E-state index contributed by atoms with van der Waals surface area (Å²) in [5.74, 6) is 0. The zero-order chi connectivity index (χ0) is 16.1. The predicted molar refractivity (Wildman–Crippen MR) is 88.9 cm³/mol. The van der Waals surface area contributed by atoms with Gasteiger partial charge in [0, 0.05) is 25.7 Å². The lowest BCUT2D eigenvalue weighted by molar-refractivity contribution is 0.190. The van der Waals surface area contributed by atoms with Gasteiger partial charge in [-0.3, -0.25) is 0 Å². The molecule has 122 valence electrons. The van der Waals surface area contributed by atoms with E-state index in [0.29, 0.717) is 12.6 Å². The minimum Gasteiger partial charge on any atom is -0.396 e. The number of aliphatic hydroxyl groups is 1. The zero-order valence-electron chi connectivity index (χ0n) is 14.0. The number of hydrogen-bond acceptors (Lipinski definition) is 2. The van der Waals surface area contributed by atoms with E-state index in [2.05, 4.69) is 38.2 Å². The van der Waals surface area contributed by atoms with Crippen molar-refractivity contribution in [2.45, 2.75) is 59.0 Å². The normalized spacial score (nSPS) is 14.0. The number of hydrogen-bond donors (Lipinski definition) is 2. The summed E-state index contributed by atoms with van der Waals surface area (Å²) in [7, 11) is 0. The molecule has 0 spiro atoms. The number of carbonyl (C=O) groups is 1. The fraction of sp³-hybridized carbons (Fsp3) is 0.611. The number of nitrogens with zero attached hydrogens (tertiary/aromatic N) is 1. The zero-order valence-corrected chi connectivity index (χ0v) is 14.0. The summed E-state index contributed by atoms with van der Waals surface area (Å²) in [6, 6.07) is 4.75. The Morgan fingerprint density at radius 1 is 1.23 bits per heavy atom. The lowest BCUT2D eigenvalue weighted by atomic mass is 10.00. The summed E-state index contributed by atoms with van der Waals surface area (Å²) in [5.41, 5.74) is 4.94. The van der Waals surface area contributed by atoms with Crippen molar-refractivity contribution in [3.8, 4) is 0 Å². The van der Waals surface area contributed by atoms with Crippen molar-refractivity contribution in [1.29, 1.82) is 0 Å². The van der Waals surface area contributed by atoms with E-state index in [1.165, 1.54) is 22.3 Å². The molecule has 0 radical (unpaired) electrons. The molecule has 1 saturated carbocycles. The molecule has 0 atom stereocenters.